The fourth-order valence-corrected chi connectivity index (χ4v) is 3.63. The molecule has 8 nitrogen and oxygen atoms in total. The number of hydrogen-bond donors (Lipinski definition) is 1. The van der Waals surface area contributed by atoms with Gasteiger partial charge in [0.15, 0.2) is 0 Å². The Balaban J connectivity index is 1.69. The molecule has 1 aliphatic heterocycles. The first kappa shape index (κ1) is 22.7. The molecule has 33 heavy (non-hydrogen) atoms. The van der Waals surface area contributed by atoms with E-state index in [-0.39, 0.29) is 23.8 Å². The predicted octanol–water partition coefficient (Wildman–Crippen LogP) is 4.07. The standard InChI is InChI=1S/C22H21F3N4O4/c1-2-33-21(31)15-12-29-14(10-17(28-29)13-6-8-32-9-7-13)11-18(15)27-20(30)16-4-3-5-19(26-16)22(23,24)25/h3-5,10-13H,2,6-9H2,1H3,(H,27,30). The number of fused-ring (bicyclic) bond motifs is 1. The highest BCUT2D eigenvalue weighted by molar-refractivity contribution is 6.07. The zero-order chi connectivity index (χ0) is 23.6. The molecule has 4 rings (SSSR count). The van der Waals surface area contributed by atoms with Crippen LogP contribution in [-0.2, 0) is 15.7 Å². The van der Waals surface area contributed by atoms with Gasteiger partial charge in [-0.25, -0.2) is 14.3 Å². The van der Waals surface area contributed by atoms with E-state index in [9.17, 15) is 22.8 Å². The first-order chi connectivity index (χ1) is 15.8. The van der Waals surface area contributed by atoms with Crippen LogP contribution in [-0.4, -0.2) is 46.3 Å². The molecule has 3 aromatic rings. The van der Waals surface area contributed by atoms with Crippen molar-refractivity contribution in [1.29, 1.82) is 0 Å². The molecule has 0 unspecified atom stereocenters. The lowest BCUT2D eigenvalue weighted by molar-refractivity contribution is -0.141. The van der Waals surface area contributed by atoms with Gasteiger partial charge in [-0.05, 0) is 44.0 Å². The van der Waals surface area contributed by atoms with Crippen molar-refractivity contribution in [3.63, 3.8) is 0 Å². The van der Waals surface area contributed by atoms with Crippen LogP contribution < -0.4 is 5.32 Å². The van der Waals surface area contributed by atoms with Crippen LogP contribution in [0.5, 0.6) is 0 Å². The Morgan fingerprint density at radius 3 is 2.70 bits per heavy atom. The number of rotatable bonds is 5. The van der Waals surface area contributed by atoms with Crippen molar-refractivity contribution in [2.75, 3.05) is 25.1 Å². The third kappa shape index (κ3) is 4.98. The van der Waals surface area contributed by atoms with E-state index in [2.05, 4.69) is 15.4 Å². The number of carbonyl (C=O) groups excluding carboxylic acids is 2. The fourth-order valence-electron chi connectivity index (χ4n) is 3.63. The lowest BCUT2D eigenvalue weighted by Gasteiger charge is -2.19. The largest absolute Gasteiger partial charge is 0.462 e. The maximum absolute atomic E-state index is 13.0. The highest BCUT2D eigenvalue weighted by Gasteiger charge is 2.33. The Morgan fingerprint density at radius 2 is 2.00 bits per heavy atom. The molecule has 1 amide bonds. The number of pyridine rings is 2. The number of hydrogen-bond acceptors (Lipinski definition) is 6. The Bertz CT molecular complexity index is 1190. The minimum atomic E-state index is -4.69. The summed E-state index contributed by atoms with van der Waals surface area (Å²) in [5, 5.41) is 7.05. The van der Waals surface area contributed by atoms with E-state index in [0.717, 1.165) is 36.7 Å². The molecular weight excluding hydrogens is 441 g/mol. The SMILES string of the molecule is CCOC(=O)c1cn2nc(C3CCOCC3)cc2cc1NC(=O)c1cccc(C(F)(F)F)n1. The smallest absolute Gasteiger partial charge is 0.433 e. The zero-order valence-electron chi connectivity index (χ0n) is 17.7. The molecule has 1 fully saturated rings. The normalized spacial score (nSPS) is 14.9. The number of alkyl halides is 3. The van der Waals surface area contributed by atoms with Gasteiger partial charge in [0.2, 0.25) is 0 Å². The second kappa shape index (κ2) is 9.18. The molecule has 1 N–H and O–H groups in total. The first-order valence-electron chi connectivity index (χ1n) is 10.4. The van der Waals surface area contributed by atoms with Crippen molar-refractivity contribution < 1.29 is 32.2 Å². The number of nitrogens with one attached hydrogen (secondary N) is 1. The molecule has 174 valence electrons. The summed E-state index contributed by atoms with van der Waals surface area (Å²) in [6.45, 7) is 3.01. The van der Waals surface area contributed by atoms with Crippen molar-refractivity contribution >= 4 is 23.1 Å². The summed E-state index contributed by atoms with van der Waals surface area (Å²) in [5.41, 5.74) is -0.0770. The summed E-state index contributed by atoms with van der Waals surface area (Å²) in [6.07, 6.45) is -1.62. The van der Waals surface area contributed by atoms with Crippen molar-refractivity contribution in [3.8, 4) is 0 Å². The van der Waals surface area contributed by atoms with Gasteiger partial charge in [0.25, 0.3) is 5.91 Å². The molecule has 0 spiro atoms. The van der Waals surface area contributed by atoms with Crippen LogP contribution in [0.3, 0.4) is 0 Å². The van der Waals surface area contributed by atoms with Gasteiger partial charge in [0.1, 0.15) is 17.0 Å². The molecule has 1 aliphatic rings. The second-order valence-electron chi connectivity index (χ2n) is 7.51. The molecule has 0 aromatic carbocycles. The summed E-state index contributed by atoms with van der Waals surface area (Å²) in [6, 6.07) is 6.42. The van der Waals surface area contributed by atoms with Crippen molar-refractivity contribution in [1.82, 2.24) is 14.6 Å². The number of carbonyl (C=O) groups is 2. The number of aromatic nitrogens is 3. The number of nitrogens with zero attached hydrogens (tertiary/aromatic N) is 3. The first-order valence-corrected chi connectivity index (χ1v) is 10.4. The Labute approximate surface area is 186 Å². The Morgan fingerprint density at radius 1 is 1.24 bits per heavy atom. The van der Waals surface area contributed by atoms with E-state index >= 15 is 0 Å². The maximum Gasteiger partial charge on any atom is 0.433 e. The molecule has 0 aliphatic carbocycles. The van der Waals surface area contributed by atoms with Crippen molar-refractivity contribution in [2.45, 2.75) is 31.9 Å². The monoisotopic (exact) mass is 462 g/mol. The number of anilines is 1. The summed E-state index contributed by atoms with van der Waals surface area (Å²) >= 11 is 0. The van der Waals surface area contributed by atoms with E-state index in [4.69, 9.17) is 9.47 Å². The van der Waals surface area contributed by atoms with Crippen LogP contribution in [0.2, 0.25) is 0 Å². The Kier molecular flexibility index (Phi) is 6.32. The van der Waals surface area contributed by atoms with Gasteiger partial charge in [0, 0.05) is 25.3 Å². The number of amides is 1. The molecule has 1 saturated heterocycles. The van der Waals surface area contributed by atoms with E-state index < -0.39 is 29.4 Å². The predicted molar refractivity (Wildman–Crippen MR) is 111 cm³/mol. The second-order valence-corrected chi connectivity index (χ2v) is 7.51. The quantitative estimate of drug-likeness (QED) is 0.575. The van der Waals surface area contributed by atoms with Crippen LogP contribution >= 0.6 is 0 Å². The van der Waals surface area contributed by atoms with E-state index in [1.807, 2.05) is 6.07 Å². The Hall–Kier alpha value is -3.47. The van der Waals surface area contributed by atoms with E-state index in [1.54, 1.807) is 6.92 Å². The molecule has 3 aromatic heterocycles. The number of ether oxygens (including phenoxy) is 2. The van der Waals surface area contributed by atoms with Gasteiger partial charge in [-0.3, -0.25) is 4.79 Å². The third-order valence-corrected chi connectivity index (χ3v) is 5.27. The summed E-state index contributed by atoms with van der Waals surface area (Å²) < 4.78 is 50.9. The highest BCUT2D eigenvalue weighted by Crippen LogP contribution is 2.29. The van der Waals surface area contributed by atoms with Gasteiger partial charge < -0.3 is 14.8 Å². The fraction of sp³-hybridized carbons (Fsp3) is 0.364. The lowest BCUT2D eigenvalue weighted by atomic mass is 9.97. The van der Waals surface area contributed by atoms with Gasteiger partial charge >= 0.3 is 12.1 Å². The van der Waals surface area contributed by atoms with E-state index in [1.165, 1.54) is 16.8 Å². The van der Waals surface area contributed by atoms with Crippen LogP contribution in [0.1, 0.15) is 57.9 Å². The van der Waals surface area contributed by atoms with Crippen LogP contribution in [0.25, 0.3) is 5.52 Å². The van der Waals surface area contributed by atoms with Crippen molar-refractivity contribution in [3.05, 3.63) is 59.2 Å². The molecule has 0 saturated carbocycles. The topological polar surface area (TPSA) is 94.8 Å². The summed E-state index contributed by atoms with van der Waals surface area (Å²) in [5.74, 6) is -1.38. The van der Waals surface area contributed by atoms with Crippen LogP contribution in [0, 0.1) is 0 Å². The minimum absolute atomic E-state index is 0.0197. The zero-order valence-corrected chi connectivity index (χ0v) is 17.7. The van der Waals surface area contributed by atoms with Crippen molar-refractivity contribution in [2.24, 2.45) is 0 Å². The van der Waals surface area contributed by atoms with E-state index in [0.29, 0.717) is 18.7 Å². The van der Waals surface area contributed by atoms with Crippen LogP contribution in [0.4, 0.5) is 18.9 Å². The molecule has 4 heterocycles. The average Bonchev–Trinajstić information content (AvgIpc) is 3.22. The van der Waals surface area contributed by atoms with Gasteiger partial charge in [-0.15, -0.1) is 0 Å². The maximum atomic E-state index is 13.0. The summed E-state index contributed by atoms with van der Waals surface area (Å²) in [4.78, 5) is 28.6. The van der Waals surface area contributed by atoms with Crippen LogP contribution in [0.15, 0.2) is 36.5 Å². The van der Waals surface area contributed by atoms with Gasteiger partial charge in [0.05, 0.1) is 23.5 Å². The highest BCUT2D eigenvalue weighted by atomic mass is 19.4. The third-order valence-electron chi connectivity index (χ3n) is 5.27. The molecule has 0 bridgehead atoms. The van der Waals surface area contributed by atoms with Gasteiger partial charge in [-0.1, -0.05) is 6.07 Å². The average molecular weight is 462 g/mol. The molecular formula is C22H21F3N4O4. The minimum Gasteiger partial charge on any atom is -0.462 e. The molecule has 0 radical (unpaired) electrons. The summed E-state index contributed by atoms with van der Waals surface area (Å²) in [7, 11) is 0. The number of halogens is 3. The number of esters is 1. The molecule has 0 atom stereocenters. The molecule has 11 heteroatoms. The lowest BCUT2D eigenvalue weighted by Crippen LogP contribution is -2.19. The van der Waals surface area contributed by atoms with Gasteiger partial charge in [-0.2, -0.15) is 18.3 Å².